The van der Waals surface area contributed by atoms with E-state index in [0.29, 0.717) is 37.3 Å². The van der Waals surface area contributed by atoms with Crippen molar-refractivity contribution >= 4 is 17.7 Å². The molecule has 4 atom stereocenters. The molecule has 3 saturated heterocycles. The zero-order valence-electron chi connectivity index (χ0n) is 21.9. The van der Waals surface area contributed by atoms with Crippen LogP contribution < -0.4 is 14.8 Å². The molecular formula is C26H37N3O7. The number of aliphatic hydroxyl groups is 1. The van der Waals surface area contributed by atoms with Crippen LogP contribution in [0, 0.1) is 11.8 Å². The summed E-state index contributed by atoms with van der Waals surface area (Å²) in [7, 11) is 3.12. The molecule has 0 spiro atoms. The third-order valence-corrected chi connectivity index (χ3v) is 7.62. The van der Waals surface area contributed by atoms with E-state index in [4.69, 9.17) is 14.2 Å². The van der Waals surface area contributed by atoms with E-state index in [-0.39, 0.29) is 18.4 Å². The molecule has 1 unspecified atom stereocenters. The van der Waals surface area contributed by atoms with E-state index in [1.165, 1.54) is 0 Å². The third kappa shape index (κ3) is 3.82. The molecule has 10 heteroatoms. The molecule has 1 aromatic rings. The van der Waals surface area contributed by atoms with Gasteiger partial charge < -0.3 is 29.5 Å². The highest BCUT2D eigenvalue weighted by atomic mass is 16.7. The Labute approximate surface area is 211 Å². The van der Waals surface area contributed by atoms with Crippen molar-refractivity contribution in [3.8, 4) is 11.5 Å². The number of nitrogens with one attached hydrogen (secondary N) is 1. The monoisotopic (exact) mass is 503 g/mol. The zero-order chi connectivity index (χ0) is 26.4. The van der Waals surface area contributed by atoms with Gasteiger partial charge in [0, 0.05) is 19.0 Å². The normalized spacial score (nSPS) is 29.6. The number of carbonyl (C=O) groups is 3. The Hall–Kier alpha value is -2.85. The molecule has 4 rings (SSSR count). The number of methoxy groups -OCH3 is 2. The number of amides is 3. The Balaban J connectivity index is 1.59. The second-order valence-corrected chi connectivity index (χ2v) is 10.4. The van der Waals surface area contributed by atoms with E-state index < -0.39 is 41.3 Å². The fraction of sp³-hybridized carbons (Fsp3) is 0.654. The van der Waals surface area contributed by atoms with E-state index in [1.807, 2.05) is 26.0 Å². The summed E-state index contributed by atoms with van der Waals surface area (Å²) < 4.78 is 16.8. The van der Waals surface area contributed by atoms with Crippen molar-refractivity contribution in [3.63, 3.8) is 0 Å². The summed E-state index contributed by atoms with van der Waals surface area (Å²) in [4.78, 5) is 43.7. The summed E-state index contributed by atoms with van der Waals surface area (Å²) in [5.74, 6) is -3.21. The number of piperazine rings is 1. The molecule has 0 radical (unpaired) electrons. The number of fused-ring (bicyclic) bond motifs is 3. The number of carbonyl (C=O) groups excluding carboxylic acids is 3. The molecule has 3 heterocycles. The van der Waals surface area contributed by atoms with Crippen molar-refractivity contribution in [2.24, 2.45) is 11.8 Å². The number of rotatable bonds is 8. The van der Waals surface area contributed by atoms with Gasteiger partial charge in [0.2, 0.25) is 11.5 Å². The summed E-state index contributed by atoms with van der Waals surface area (Å²) in [6.07, 6.45) is 1.67. The third-order valence-electron chi connectivity index (χ3n) is 7.62. The van der Waals surface area contributed by atoms with Gasteiger partial charge in [0.25, 0.3) is 17.7 Å². The molecule has 198 valence electrons. The summed E-state index contributed by atoms with van der Waals surface area (Å²) in [5.41, 5.74) is -1.04. The zero-order valence-corrected chi connectivity index (χ0v) is 21.9. The van der Waals surface area contributed by atoms with Crippen molar-refractivity contribution in [2.75, 3.05) is 27.3 Å². The van der Waals surface area contributed by atoms with Gasteiger partial charge >= 0.3 is 0 Å². The van der Waals surface area contributed by atoms with Crippen LogP contribution in [-0.2, 0) is 25.5 Å². The first kappa shape index (κ1) is 26.2. The van der Waals surface area contributed by atoms with Gasteiger partial charge in [0.15, 0.2) is 11.5 Å². The number of hydrogen-bond acceptors (Lipinski definition) is 7. The Morgan fingerprint density at radius 1 is 1.19 bits per heavy atom. The van der Waals surface area contributed by atoms with E-state index in [9.17, 15) is 19.5 Å². The lowest BCUT2D eigenvalue weighted by molar-refractivity contribution is -0.316. The maximum atomic E-state index is 14.0. The molecule has 3 aliphatic rings. The van der Waals surface area contributed by atoms with Gasteiger partial charge in [0.05, 0.1) is 14.2 Å². The highest BCUT2D eigenvalue weighted by Gasteiger charge is 2.73. The molecule has 0 aromatic heterocycles. The minimum atomic E-state index is -2.05. The summed E-state index contributed by atoms with van der Waals surface area (Å²) >= 11 is 0. The fourth-order valence-corrected chi connectivity index (χ4v) is 5.75. The predicted octanol–water partition coefficient (Wildman–Crippen LogP) is 1.29. The lowest BCUT2D eigenvalue weighted by atomic mass is 9.87. The van der Waals surface area contributed by atoms with Crippen molar-refractivity contribution in [3.05, 3.63) is 23.8 Å². The maximum Gasteiger partial charge on any atom is 0.275 e. The first-order chi connectivity index (χ1) is 17.0. The van der Waals surface area contributed by atoms with Crippen LogP contribution in [0.1, 0.15) is 46.1 Å². The summed E-state index contributed by atoms with van der Waals surface area (Å²) in [5, 5.41) is 14.7. The highest BCUT2D eigenvalue weighted by molar-refractivity contribution is 6.11. The Morgan fingerprint density at radius 2 is 1.89 bits per heavy atom. The molecule has 0 saturated carbocycles. The standard InChI is InChI=1S/C26H37N3O7/c1-15(2)21-22(30)28-13-7-8-20(28)26(33)29(21)24(32)25(36-26,16(3)4)23(31)27-12-11-17-9-10-18(34-5)19(14-17)35-6/h9-10,14-16,20-21,33H,7-8,11-13H2,1-6H3,(H,27,31)/t20?,21-,25+,26-/m0/s1. The second-order valence-electron chi connectivity index (χ2n) is 10.4. The number of nitrogens with zero attached hydrogens (tertiary/aromatic N) is 2. The topological polar surface area (TPSA) is 118 Å². The molecule has 1 aromatic carbocycles. The Morgan fingerprint density at radius 3 is 2.50 bits per heavy atom. The van der Waals surface area contributed by atoms with Crippen LogP contribution in [0.25, 0.3) is 0 Å². The van der Waals surface area contributed by atoms with Crippen molar-refractivity contribution in [2.45, 2.75) is 70.6 Å². The van der Waals surface area contributed by atoms with Gasteiger partial charge in [-0.25, -0.2) is 0 Å². The molecule has 10 nitrogen and oxygen atoms in total. The van der Waals surface area contributed by atoms with Gasteiger partial charge in [0.1, 0.15) is 12.1 Å². The summed E-state index contributed by atoms with van der Waals surface area (Å²) in [6, 6.07) is 3.89. The number of ether oxygens (including phenoxy) is 3. The van der Waals surface area contributed by atoms with Gasteiger partial charge in [-0.15, -0.1) is 0 Å². The quantitative estimate of drug-likeness (QED) is 0.514. The average Bonchev–Trinajstić information content (AvgIpc) is 3.43. The fourth-order valence-electron chi connectivity index (χ4n) is 5.75. The van der Waals surface area contributed by atoms with E-state index >= 15 is 0 Å². The molecule has 3 amide bonds. The predicted molar refractivity (Wildman–Crippen MR) is 130 cm³/mol. The van der Waals surface area contributed by atoms with Crippen LogP contribution in [0.5, 0.6) is 11.5 Å². The Bertz CT molecular complexity index is 1040. The van der Waals surface area contributed by atoms with Crippen LogP contribution in [0.15, 0.2) is 18.2 Å². The molecular weight excluding hydrogens is 466 g/mol. The van der Waals surface area contributed by atoms with Crippen molar-refractivity contribution in [1.29, 1.82) is 0 Å². The number of hydrogen-bond donors (Lipinski definition) is 2. The SMILES string of the molecule is COc1ccc(CCNC(=O)[C@@]2(C(C)C)O[C@@]3(O)C4CCCN4C(=O)[C@H](C(C)C)N3C2=O)cc1OC. The smallest absolute Gasteiger partial charge is 0.275 e. The maximum absolute atomic E-state index is 14.0. The average molecular weight is 504 g/mol. The van der Waals surface area contributed by atoms with Gasteiger partial charge in [-0.3, -0.25) is 19.3 Å². The van der Waals surface area contributed by atoms with Crippen LogP contribution in [0.3, 0.4) is 0 Å². The first-order valence-electron chi connectivity index (χ1n) is 12.6. The first-order valence-corrected chi connectivity index (χ1v) is 12.6. The van der Waals surface area contributed by atoms with Gasteiger partial charge in [-0.2, -0.15) is 0 Å². The largest absolute Gasteiger partial charge is 0.493 e. The van der Waals surface area contributed by atoms with Crippen molar-refractivity contribution in [1.82, 2.24) is 15.1 Å². The van der Waals surface area contributed by atoms with Crippen LogP contribution in [-0.4, -0.2) is 83.5 Å². The minimum Gasteiger partial charge on any atom is -0.493 e. The lowest BCUT2D eigenvalue weighted by Gasteiger charge is -2.50. The van der Waals surface area contributed by atoms with Gasteiger partial charge in [-0.05, 0) is 42.9 Å². The molecule has 3 fully saturated rings. The van der Waals surface area contributed by atoms with Crippen LogP contribution >= 0.6 is 0 Å². The molecule has 36 heavy (non-hydrogen) atoms. The second kappa shape index (κ2) is 9.55. The van der Waals surface area contributed by atoms with Crippen molar-refractivity contribution < 1.29 is 33.7 Å². The molecule has 0 aliphatic carbocycles. The lowest BCUT2D eigenvalue weighted by Crippen LogP contribution is -2.72. The van der Waals surface area contributed by atoms with E-state index in [1.54, 1.807) is 39.0 Å². The number of benzene rings is 1. The van der Waals surface area contributed by atoms with E-state index in [0.717, 1.165) is 10.5 Å². The molecule has 0 bridgehead atoms. The van der Waals surface area contributed by atoms with E-state index in [2.05, 4.69) is 5.32 Å². The molecule has 3 aliphatic heterocycles. The van der Waals surface area contributed by atoms with Crippen LogP contribution in [0.2, 0.25) is 0 Å². The highest BCUT2D eigenvalue weighted by Crippen LogP contribution is 2.49. The van der Waals surface area contributed by atoms with Gasteiger partial charge in [-0.1, -0.05) is 33.8 Å². The minimum absolute atomic E-state index is 0.206. The van der Waals surface area contributed by atoms with Crippen LogP contribution in [0.4, 0.5) is 0 Å². The Kier molecular flexibility index (Phi) is 6.96. The molecule has 2 N–H and O–H groups in total. The summed E-state index contributed by atoms with van der Waals surface area (Å²) in [6.45, 7) is 7.81.